The van der Waals surface area contributed by atoms with Crippen molar-refractivity contribution < 1.29 is 39.4 Å². The van der Waals surface area contributed by atoms with Gasteiger partial charge in [0.05, 0.1) is 5.25 Å². The summed E-state index contributed by atoms with van der Waals surface area (Å²) in [5.74, 6) is 0. The van der Waals surface area contributed by atoms with Crippen molar-refractivity contribution in [2.45, 2.75) is 19.1 Å². The molecule has 0 aromatic carbocycles. The molecular formula is C3H10NNaO2S. The van der Waals surface area contributed by atoms with Crippen LogP contribution in [0.15, 0.2) is 0 Å². The molecule has 0 aliphatic rings. The molecule has 0 aromatic heterocycles. The van der Waals surface area contributed by atoms with Gasteiger partial charge >= 0.3 is 29.6 Å². The van der Waals surface area contributed by atoms with Crippen LogP contribution in [0.5, 0.6) is 0 Å². The maximum absolute atomic E-state index is 10.1. The summed E-state index contributed by atoms with van der Waals surface area (Å²) < 4.78 is 20.2. The molecule has 0 saturated carbocycles. The Bertz CT molecular complexity index is 144. The third-order valence-electron chi connectivity index (χ3n) is 0.657. The van der Waals surface area contributed by atoms with Gasteiger partial charge in [-0.15, -0.1) is 0 Å². The normalized spacial score (nSPS) is 11.0. The predicted molar refractivity (Wildman–Crippen MR) is 29.4 cm³/mol. The van der Waals surface area contributed by atoms with Gasteiger partial charge in [-0.2, -0.15) is 0 Å². The Balaban J connectivity index is -0.000000180. The predicted octanol–water partition coefficient (Wildman–Crippen LogP) is -3.20. The summed E-state index contributed by atoms with van der Waals surface area (Å²) in [6, 6.07) is 0. The molecule has 0 atom stereocenters. The van der Waals surface area contributed by atoms with E-state index in [4.69, 9.17) is 0 Å². The molecule has 0 amide bonds. The standard InChI is InChI=1S/C3H9NO2S.Na.H/c1-3(2)7(4,5)6;;/h3H,1-2H3,(H2,4,5,6);;/q;+1;-1. The van der Waals surface area contributed by atoms with Crippen LogP contribution in [0.1, 0.15) is 15.3 Å². The van der Waals surface area contributed by atoms with Crippen LogP contribution in [0.4, 0.5) is 0 Å². The molecule has 46 valence electrons. The van der Waals surface area contributed by atoms with Gasteiger partial charge in [-0.05, 0) is 13.8 Å². The second kappa shape index (κ2) is 3.85. The Hall–Kier alpha value is 0.910. The van der Waals surface area contributed by atoms with Crippen molar-refractivity contribution in [2.24, 2.45) is 5.14 Å². The number of hydrogen-bond donors (Lipinski definition) is 1. The molecule has 0 saturated heterocycles. The maximum Gasteiger partial charge on any atom is 1.00 e. The topological polar surface area (TPSA) is 60.2 Å². The molecule has 0 bridgehead atoms. The molecule has 0 aromatic rings. The fourth-order valence-corrected chi connectivity index (χ4v) is 0. The molecule has 0 unspecified atom stereocenters. The fraction of sp³-hybridized carbons (Fsp3) is 1.00. The molecule has 0 heterocycles. The van der Waals surface area contributed by atoms with Gasteiger partial charge in [0.25, 0.3) is 0 Å². The molecule has 3 nitrogen and oxygen atoms in total. The first-order valence-corrected chi connectivity index (χ1v) is 3.57. The Kier molecular flexibility index (Phi) is 5.61. The average molecular weight is 147 g/mol. The molecule has 5 heteroatoms. The fourth-order valence-electron chi connectivity index (χ4n) is 0. The Morgan fingerprint density at radius 3 is 1.62 bits per heavy atom. The molecule has 0 radical (unpaired) electrons. The second-order valence-electron chi connectivity index (χ2n) is 1.64. The molecular weight excluding hydrogens is 137 g/mol. The monoisotopic (exact) mass is 147 g/mol. The summed E-state index contributed by atoms with van der Waals surface area (Å²) in [4.78, 5) is 0. The van der Waals surface area contributed by atoms with Crippen molar-refractivity contribution in [2.75, 3.05) is 0 Å². The average Bonchev–Trinajstić information content (AvgIpc) is 1.31. The molecule has 0 aliphatic heterocycles. The van der Waals surface area contributed by atoms with E-state index >= 15 is 0 Å². The zero-order valence-corrected chi connectivity index (χ0v) is 8.20. The quantitative estimate of drug-likeness (QED) is 0.397. The van der Waals surface area contributed by atoms with Gasteiger partial charge in [0, 0.05) is 0 Å². The minimum absolute atomic E-state index is 0. The minimum Gasteiger partial charge on any atom is -1.00 e. The summed E-state index contributed by atoms with van der Waals surface area (Å²) in [7, 11) is -3.24. The van der Waals surface area contributed by atoms with E-state index < -0.39 is 15.3 Å². The van der Waals surface area contributed by atoms with E-state index in [9.17, 15) is 8.42 Å². The van der Waals surface area contributed by atoms with Gasteiger partial charge < -0.3 is 1.43 Å². The summed E-state index contributed by atoms with van der Waals surface area (Å²) in [5, 5.41) is 4.20. The van der Waals surface area contributed by atoms with E-state index in [-0.39, 0.29) is 31.0 Å². The van der Waals surface area contributed by atoms with E-state index in [1.807, 2.05) is 0 Å². The molecule has 0 aliphatic carbocycles. The zero-order chi connectivity index (χ0) is 6.08. The van der Waals surface area contributed by atoms with Crippen LogP contribution in [0.3, 0.4) is 0 Å². The van der Waals surface area contributed by atoms with Crippen molar-refractivity contribution in [3.8, 4) is 0 Å². The van der Waals surface area contributed by atoms with Crippen molar-refractivity contribution in [3.05, 3.63) is 0 Å². The summed E-state index contributed by atoms with van der Waals surface area (Å²) in [6.07, 6.45) is 0. The Morgan fingerprint density at radius 2 is 1.62 bits per heavy atom. The van der Waals surface area contributed by atoms with Crippen LogP contribution in [0, 0.1) is 0 Å². The van der Waals surface area contributed by atoms with Gasteiger partial charge in [0.2, 0.25) is 10.0 Å². The van der Waals surface area contributed by atoms with Gasteiger partial charge in [-0.1, -0.05) is 0 Å². The van der Waals surface area contributed by atoms with Crippen LogP contribution in [-0.2, 0) is 10.0 Å². The first-order chi connectivity index (χ1) is 2.94. The van der Waals surface area contributed by atoms with Crippen LogP contribution < -0.4 is 34.7 Å². The van der Waals surface area contributed by atoms with Gasteiger partial charge in [0.15, 0.2) is 0 Å². The van der Waals surface area contributed by atoms with Crippen LogP contribution in [-0.4, -0.2) is 13.7 Å². The van der Waals surface area contributed by atoms with E-state index in [0.29, 0.717) is 0 Å². The smallest absolute Gasteiger partial charge is 1.00 e. The first kappa shape index (κ1) is 11.7. The number of hydrogen-bond acceptors (Lipinski definition) is 2. The number of rotatable bonds is 1. The number of primary sulfonamides is 1. The van der Waals surface area contributed by atoms with Crippen LogP contribution >= 0.6 is 0 Å². The minimum atomic E-state index is -3.24. The third-order valence-corrected chi connectivity index (χ3v) is 1.97. The Morgan fingerprint density at radius 1 is 1.50 bits per heavy atom. The summed E-state index contributed by atoms with van der Waals surface area (Å²) in [6.45, 7) is 3.07. The van der Waals surface area contributed by atoms with Crippen molar-refractivity contribution in [1.82, 2.24) is 0 Å². The van der Waals surface area contributed by atoms with Crippen molar-refractivity contribution in [3.63, 3.8) is 0 Å². The van der Waals surface area contributed by atoms with Gasteiger partial charge in [-0.3, -0.25) is 0 Å². The van der Waals surface area contributed by atoms with Crippen LogP contribution in [0.2, 0.25) is 0 Å². The van der Waals surface area contributed by atoms with Crippen LogP contribution in [0.25, 0.3) is 0 Å². The van der Waals surface area contributed by atoms with Crippen molar-refractivity contribution in [1.29, 1.82) is 0 Å². The van der Waals surface area contributed by atoms with Crippen molar-refractivity contribution >= 4 is 10.0 Å². The first-order valence-electron chi connectivity index (χ1n) is 1.96. The molecule has 8 heavy (non-hydrogen) atoms. The molecule has 2 N–H and O–H groups in total. The van der Waals surface area contributed by atoms with E-state index in [1.165, 1.54) is 13.8 Å². The second-order valence-corrected chi connectivity index (χ2v) is 3.76. The maximum atomic E-state index is 10.1. The number of sulfonamides is 1. The Labute approximate surface area is 73.5 Å². The molecule has 0 spiro atoms. The van der Waals surface area contributed by atoms with Gasteiger partial charge in [-0.25, -0.2) is 13.6 Å². The summed E-state index contributed by atoms with van der Waals surface area (Å²) >= 11 is 0. The SMILES string of the molecule is CC(C)S(N)(=O)=O.[H-].[Na+]. The van der Waals surface area contributed by atoms with E-state index in [1.54, 1.807) is 0 Å². The van der Waals surface area contributed by atoms with Gasteiger partial charge in [0.1, 0.15) is 0 Å². The molecule has 0 fully saturated rings. The van der Waals surface area contributed by atoms with E-state index in [0.717, 1.165) is 0 Å². The van der Waals surface area contributed by atoms with E-state index in [2.05, 4.69) is 5.14 Å². The molecule has 0 rings (SSSR count). The third kappa shape index (κ3) is 5.05. The summed E-state index contributed by atoms with van der Waals surface area (Å²) in [5.41, 5.74) is 0. The zero-order valence-electron chi connectivity index (χ0n) is 6.38. The largest absolute Gasteiger partial charge is 1.00 e. The number of nitrogens with two attached hydrogens (primary N) is 1.